The first-order valence-corrected chi connectivity index (χ1v) is 10.5. The fourth-order valence-electron chi connectivity index (χ4n) is 4.03. The SMILES string of the molecule is CC(C)C(C(=O)N1CCn2c(Cc3ccccc3Cl)nnc2C1)c1ccc(F)cc1. The second kappa shape index (κ2) is 8.56. The molecule has 1 amide bonds. The lowest BCUT2D eigenvalue weighted by molar-refractivity contribution is -0.135. The summed E-state index contributed by atoms with van der Waals surface area (Å²) in [4.78, 5) is 15.2. The van der Waals surface area contributed by atoms with Gasteiger partial charge >= 0.3 is 0 Å². The lowest BCUT2D eigenvalue weighted by Crippen LogP contribution is -2.42. The van der Waals surface area contributed by atoms with Crippen LogP contribution in [0.5, 0.6) is 0 Å². The van der Waals surface area contributed by atoms with Crippen LogP contribution >= 0.6 is 11.6 Å². The number of carbonyl (C=O) groups is 1. The van der Waals surface area contributed by atoms with Gasteiger partial charge in [-0.05, 0) is 35.2 Å². The number of hydrogen-bond acceptors (Lipinski definition) is 3. The van der Waals surface area contributed by atoms with Gasteiger partial charge < -0.3 is 9.47 Å². The molecule has 1 aromatic heterocycles. The van der Waals surface area contributed by atoms with E-state index in [1.54, 1.807) is 12.1 Å². The molecule has 1 unspecified atom stereocenters. The molecule has 7 heteroatoms. The van der Waals surface area contributed by atoms with Gasteiger partial charge in [-0.25, -0.2) is 4.39 Å². The summed E-state index contributed by atoms with van der Waals surface area (Å²) >= 11 is 6.29. The topological polar surface area (TPSA) is 51.0 Å². The highest BCUT2D eigenvalue weighted by Gasteiger charge is 2.32. The molecule has 2 heterocycles. The summed E-state index contributed by atoms with van der Waals surface area (Å²) in [6.07, 6.45) is 0.602. The summed E-state index contributed by atoms with van der Waals surface area (Å²) in [5.74, 6) is 1.15. The van der Waals surface area contributed by atoms with E-state index in [9.17, 15) is 9.18 Å². The Hall–Kier alpha value is -2.73. The van der Waals surface area contributed by atoms with Crippen molar-refractivity contribution in [1.82, 2.24) is 19.7 Å². The van der Waals surface area contributed by atoms with Crippen LogP contribution in [0.15, 0.2) is 48.5 Å². The number of hydrogen-bond donors (Lipinski definition) is 0. The monoisotopic (exact) mass is 426 g/mol. The number of amides is 1. The quantitative estimate of drug-likeness (QED) is 0.606. The zero-order chi connectivity index (χ0) is 21.3. The van der Waals surface area contributed by atoms with E-state index in [1.165, 1.54) is 12.1 Å². The van der Waals surface area contributed by atoms with Crippen LogP contribution in [0.25, 0.3) is 0 Å². The first-order chi connectivity index (χ1) is 14.4. The van der Waals surface area contributed by atoms with Crippen molar-refractivity contribution < 1.29 is 9.18 Å². The van der Waals surface area contributed by atoms with Crippen molar-refractivity contribution in [2.45, 2.75) is 39.3 Å². The zero-order valence-corrected chi connectivity index (χ0v) is 17.8. The molecule has 0 bridgehead atoms. The molecular weight excluding hydrogens is 403 g/mol. The van der Waals surface area contributed by atoms with E-state index < -0.39 is 0 Å². The third-order valence-corrected chi connectivity index (χ3v) is 5.98. The predicted octanol–water partition coefficient (Wildman–Crippen LogP) is 4.44. The van der Waals surface area contributed by atoms with Crippen LogP contribution in [-0.2, 0) is 24.3 Å². The van der Waals surface area contributed by atoms with Crippen molar-refractivity contribution in [3.05, 3.63) is 82.1 Å². The van der Waals surface area contributed by atoms with E-state index >= 15 is 0 Å². The van der Waals surface area contributed by atoms with Gasteiger partial charge in [0.05, 0.1) is 12.5 Å². The fourth-order valence-corrected chi connectivity index (χ4v) is 4.23. The summed E-state index contributed by atoms with van der Waals surface area (Å²) in [5, 5.41) is 9.39. The van der Waals surface area contributed by atoms with Crippen molar-refractivity contribution in [3.63, 3.8) is 0 Å². The Labute approximate surface area is 180 Å². The molecule has 4 rings (SSSR count). The summed E-state index contributed by atoms with van der Waals surface area (Å²) in [6.45, 7) is 5.67. The van der Waals surface area contributed by atoms with Crippen LogP contribution in [0.3, 0.4) is 0 Å². The van der Waals surface area contributed by atoms with Gasteiger partial charge in [-0.15, -0.1) is 10.2 Å². The van der Waals surface area contributed by atoms with E-state index in [0.717, 1.165) is 22.8 Å². The molecule has 1 aliphatic heterocycles. The molecule has 1 atom stereocenters. The Morgan fingerprint density at radius 1 is 1.10 bits per heavy atom. The van der Waals surface area contributed by atoms with E-state index in [-0.39, 0.29) is 23.6 Å². The van der Waals surface area contributed by atoms with Crippen LogP contribution in [-0.4, -0.2) is 32.1 Å². The Balaban J connectivity index is 1.52. The molecule has 30 heavy (non-hydrogen) atoms. The second-order valence-electron chi connectivity index (χ2n) is 7.99. The number of aromatic nitrogens is 3. The molecule has 156 valence electrons. The van der Waals surface area contributed by atoms with Crippen LogP contribution in [0.2, 0.25) is 5.02 Å². The number of rotatable bonds is 5. The summed E-state index contributed by atoms with van der Waals surface area (Å²) in [6, 6.07) is 13.9. The molecule has 0 fully saturated rings. The van der Waals surface area contributed by atoms with E-state index in [2.05, 4.69) is 14.8 Å². The Morgan fingerprint density at radius 2 is 1.83 bits per heavy atom. The van der Waals surface area contributed by atoms with Crippen LogP contribution < -0.4 is 0 Å². The number of carbonyl (C=O) groups excluding carboxylic acids is 1. The van der Waals surface area contributed by atoms with Crippen molar-refractivity contribution >= 4 is 17.5 Å². The lowest BCUT2D eigenvalue weighted by Gasteiger charge is -2.32. The van der Waals surface area contributed by atoms with Crippen molar-refractivity contribution in [3.8, 4) is 0 Å². The minimum atomic E-state index is -0.317. The third-order valence-electron chi connectivity index (χ3n) is 5.61. The summed E-state index contributed by atoms with van der Waals surface area (Å²) in [5.41, 5.74) is 1.84. The van der Waals surface area contributed by atoms with Gasteiger partial charge in [0.2, 0.25) is 5.91 Å². The van der Waals surface area contributed by atoms with Gasteiger partial charge in [0.25, 0.3) is 0 Å². The first kappa shape index (κ1) is 20.5. The van der Waals surface area contributed by atoms with Crippen molar-refractivity contribution in [1.29, 1.82) is 0 Å². The first-order valence-electron chi connectivity index (χ1n) is 10.1. The minimum Gasteiger partial charge on any atom is -0.333 e. The predicted molar refractivity (Wildman–Crippen MR) is 114 cm³/mol. The van der Waals surface area contributed by atoms with Crippen molar-refractivity contribution in [2.75, 3.05) is 6.54 Å². The molecule has 2 aromatic carbocycles. The summed E-state index contributed by atoms with van der Waals surface area (Å²) < 4.78 is 15.4. The van der Waals surface area contributed by atoms with Crippen LogP contribution in [0.1, 0.15) is 42.5 Å². The lowest BCUT2D eigenvalue weighted by atomic mass is 9.87. The van der Waals surface area contributed by atoms with Crippen molar-refractivity contribution in [2.24, 2.45) is 5.92 Å². The van der Waals surface area contributed by atoms with Gasteiger partial charge in [-0.2, -0.15) is 0 Å². The molecule has 5 nitrogen and oxygen atoms in total. The maximum absolute atomic E-state index is 13.3. The number of halogens is 2. The highest BCUT2D eigenvalue weighted by molar-refractivity contribution is 6.31. The third kappa shape index (κ3) is 4.10. The average molecular weight is 427 g/mol. The van der Waals surface area contributed by atoms with Crippen LogP contribution in [0, 0.1) is 11.7 Å². The number of fused-ring (bicyclic) bond motifs is 1. The molecule has 0 radical (unpaired) electrons. The molecule has 1 aliphatic rings. The molecule has 3 aromatic rings. The Kier molecular flexibility index (Phi) is 5.86. The highest BCUT2D eigenvalue weighted by atomic mass is 35.5. The number of nitrogens with zero attached hydrogens (tertiary/aromatic N) is 4. The second-order valence-corrected chi connectivity index (χ2v) is 8.39. The smallest absolute Gasteiger partial charge is 0.230 e. The van der Waals surface area contributed by atoms with Gasteiger partial charge in [-0.1, -0.05) is 55.8 Å². The maximum Gasteiger partial charge on any atom is 0.230 e. The molecule has 0 saturated heterocycles. The largest absolute Gasteiger partial charge is 0.333 e. The van der Waals surface area contributed by atoms with Gasteiger partial charge in [0.1, 0.15) is 11.6 Å². The Bertz CT molecular complexity index is 1050. The number of benzene rings is 2. The molecule has 0 saturated carbocycles. The van der Waals surface area contributed by atoms with E-state index in [1.807, 2.05) is 43.0 Å². The van der Waals surface area contributed by atoms with Gasteiger partial charge in [0.15, 0.2) is 5.82 Å². The fraction of sp³-hybridized carbons (Fsp3) is 0.348. The van der Waals surface area contributed by atoms with Gasteiger partial charge in [-0.3, -0.25) is 4.79 Å². The maximum atomic E-state index is 13.3. The minimum absolute atomic E-state index is 0.0403. The Morgan fingerprint density at radius 3 is 2.53 bits per heavy atom. The van der Waals surface area contributed by atoms with E-state index in [4.69, 9.17) is 11.6 Å². The molecule has 0 N–H and O–H groups in total. The molecule has 0 aliphatic carbocycles. The summed E-state index contributed by atoms with van der Waals surface area (Å²) in [7, 11) is 0. The van der Waals surface area contributed by atoms with Crippen LogP contribution in [0.4, 0.5) is 4.39 Å². The van der Waals surface area contributed by atoms with Gasteiger partial charge in [0, 0.05) is 24.5 Å². The zero-order valence-electron chi connectivity index (χ0n) is 17.1. The average Bonchev–Trinajstić information content (AvgIpc) is 3.13. The highest BCUT2D eigenvalue weighted by Crippen LogP contribution is 2.29. The normalized spacial score (nSPS) is 14.6. The standard InChI is InChI=1S/C23H24ClFN4O/c1-15(2)22(16-7-9-18(25)10-8-16)23(30)28-11-12-29-20(26-27-21(29)14-28)13-17-5-3-4-6-19(17)24/h3-10,15,22H,11-14H2,1-2H3. The van der Waals surface area contributed by atoms with E-state index in [0.29, 0.717) is 31.1 Å². The molecular formula is C23H24ClFN4O. The molecule has 0 spiro atoms.